The van der Waals surface area contributed by atoms with Gasteiger partial charge in [0.2, 0.25) is 5.91 Å². The lowest BCUT2D eigenvalue weighted by atomic mass is 10.2. The van der Waals surface area contributed by atoms with Gasteiger partial charge in [0.15, 0.2) is 0 Å². The Hall–Kier alpha value is -1.36. The number of amides is 1. The minimum absolute atomic E-state index is 0.0681. The highest BCUT2D eigenvalue weighted by molar-refractivity contribution is 5.91. The third kappa shape index (κ3) is 2.55. The van der Waals surface area contributed by atoms with Crippen molar-refractivity contribution in [1.29, 1.82) is 0 Å². The molecule has 1 amide bonds. The Morgan fingerprint density at radius 3 is 3.08 bits per heavy atom. The van der Waals surface area contributed by atoms with Gasteiger partial charge < -0.3 is 10.6 Å². The van der Waals surface area contributed by atoms with Crippen LogP contribution in [0.15, 0.2) is 6.20 Å². The Morgan fingerprint density at radius 2 is 2.46 bits per heavy atom. The summed E-state index contributed by atoms with van der Waals surface area (Å²) in [6, 6.07) is 0. The van der Waals surface area contributed by atoms with Crippen molar-refractivity contribution in [3.05, 3.63) is 11.8 Å². The van der Waals surface area contributed by atoms with Gasteiger partial charge in [-0.2, -0.15) is 5.10 Å². The van der Waals surface area contributed by atoms with E-state index in [1.54, 1.807) is 13.2 Å². The van der Waals surface area contributed by atoms with Crippen molar-refractivity contribution >= 4 is 11.7 Å². The first-order chi connectivity index (χ1) is 6.27. The maximum atomic E-state index is 11.2. The van der Waals surface area contributed by atoms with Crippen LogP contribution in [0.5, 0.6) is 0 Å². The first-order valence-corrected chi connectivity index (χ1v) is 4.24. The molecule has 0 saturated carbocycles. The molecule has 0 unspecified atom stereocenters. The van der Waals surface area contributed by atoms with Crippen molar-refractivity contribution in [3.63, 3.8) is 0 Å². The summed E-state index contributed by atoms with van der Waals surface area (Å²) in [5.41, 5.74) is 1.02. The average Bonchev–Trinajstić information content (AvgIpc) is 2.52. The molecule has 72 valence electrons. The summed E-state index contributed by atoms with van der Waals surface area (Å²) < 4.78 is 0. The predicted octanol–water partition coefficient (Wildman–Crippen LogP) is 0.130. The van der Waals surface area contributed by atoms with Crippen molar-refractivity contribution in [2.75, 3.05) is 18.9 Å². The minimum Gasteiger partial charge on any atom is -0.311 e. The van der Waals surface area contributed by atoms with E-state index in [1.165, 1.54) is 0 Å². The van der Waals surface area contributed by atoms with Crippen LogP contribution in [-0.4, -0.2) is 29.7 Å². The molecule has 0 aliphatic heterocycles. The summed E-state index contributed by atoms with van der Waals surface area (Å²) in [5.74, 6) is 0.629. The van der Waals surface area contributed by atoms with Crippen LogP contribution in [0.4, 0.5) is 5.82 Å². The third-order valence-electron chi connectivity index (χ3n) is 1.70. The molecule has 0 atom stereocenters. The van der Waals surface area contributed by atoms with E-state index in [4.69, 9.17) is 0 Å². The van der Waals surface area contributed by atoms with Crippen LogP contribution in [0.25, 0.3) is 0 Å². The minimum atomic E-state index is -0.0681. The zero-order valence-corrected chi connectivity index (χ0v) is 7.85. The highest BCUT2D eigenvalue weighted by Crippen LogP contribution is 2.10. The Balaban J connectivity index is 2.57. The molecule has 0 aliphatic rings. The Labute approximate surface area is 76.9 Å². The summed E-state index contributed by atoms with van der Waals surface area (Å²) >= 11 is 0. The molecule has 5 heteroatoms. The molecule has 1 rings (SSSR count). The summed E-state index contributed by atoms with van der Waals surface area (Å²) in [5, 5.41) is 12.1. The number of rotatable bonds is 4. The zero-order chi connectivity index (χ0) is 9.68. The number of nitrogens with zero attached hydrogens (tertiary/aromatic N) is 1. The number of carbonyl (C=O) groups excluding carboxylic acids is 1. The molecule has 3 N–H and O–H groups in total. The molecule has 0 radical (unpaired) electrons. The average molecular weight is 182 g/mol. The van der Waals surface area contributed by atoms with E-state index in [1.807, 2.05) is 6.92 Å². The van der Waals surface area contributed by atoms with Crippen molar-refractivity contribution in [1.82, 2.24) is 15.5 Å². The van der Waals surface area contributed by atoms with Crippen LogP contribution >= 0.6 is 0 Å². The molecular weight excluding hydrogens is 168 g/mol. The van der Waals surface area contributed by atoms with Gasteiger partial charge in [-0.05, 0) is 13.5 Å². The highest BCUT2D eigenvalue weighted by atomic mass is 16.2. The van der Waals surface area contributed by atoms with E-state index in [9.17, 15) is 4.79 Å². The first-order valence-electron chi connectivity index (χ1n) is 4.24. The maximum absolute atomic E-state index is 11.2. The van der Waals surface area contributed by atoms with Crippen LogP contribution in [0, 0.1) is 0 Å². The quantitative estimate of drug-likeness (QED) is 0.620. The van der Waals surface area contributed by atoms with Gasteiger partial charge in [0.1, 0.15) is 5.82 Å². The summed E-state index contributed by atoms with van der Waals surface area (Å²) in [7, 11) is 1.73. The second-order valence-electron chi connectivity index (χ2n) is 2.70. The summed E-state index contributed by atoms with van der Waals surface area (Å²) in [4.78, 5) is 11.2. The topological polar surface area (TPSA) is 69.8 Å². The maximum Gasteiger partial charge on any atom is 0.239 e. The van der Waals surface area contributed by atoms with Crippen LogP contribution in [-0.2, 0) is 11.2 Å². The lowest BCUT2D eigenvalue weighted by Crippen LogP contribution is -2.25. The second kappa shape index (κ2) is 4.61. The normalized spacial score (nSPS) is 10.0. The number of H-pyrrole nitrogens is 1. The standard InChI is InChI=1S/C8H14N4O/c1-3-6-4-10-12-8(6)11-7(13)5-9-2/h4,9H,3,5H2,1-2H3,(H2,10,11,12,13). The largest absolute Gasteiger partial charge is 0.311 e. The van der Waals surface area contributed by atoms with Crippen LogP contribution in [0.1, 0.15) is 12.5 Å². The number of likely N-dealkylation sites (N-methyl/N-ethyl adjacent to an activating group) is 1. The lowest BCUT2D eigenvalue weighted by molar-refractivity contribution is -0.115. The highest BCUT2D eigenvalue weighted by Gasteiger charge is 2.05. The number of hydrogen-bond donors (Lipinski definition) is 3. The SMILES string of the molecule is CCc1cn[nH]c1NC(=O)CNC. The van der Waals surface area contributed by atoms with E-state index in [0.29, 0.717) is 12.4 Å². The zero-order valence-electron chi connectivity index (χ0n) is 7.85. The van der Waals surface area contributed by atoms with E-state index >= 15 is 0 Å². The first kappa shape index (κ1) is 9.73. The molecule has 0 aromatic carbocycles. The molecule has 0 fully saturated rings. The number of nitrogens with one attached hydrogen (secondary N) is 3. The number of aromatic amines is 1. The van der Waals surface area contributed by atoms with Crippen LogP contribution < -0.4 is 10.6 Å². The van der Waals surface area contributed by atoms with Crippen molar-refractivity contribution in [3.8, 4) is 0 Å². The van der Waals surface area contributed by atoms with Crippen molar-refractivity contribution in [2.45, 2.75) is 13.3 Å². The van der Waals surface area contributed by atoms with Gasteiger partial charge in [-0.3, -0.25) is 9.89 Å². The molecule has 13 heavy (non-hydrogen) atoms. The van der Waals surface area contributed by atoms with E-state index in [-0.39, 0.29) is 5.91 Å². The molecule has 0 spiro atoms. The molecule has 0 saturated heterocycles. The van der Waals surface area contributed by atoms with Gasteiger partial charge in [0, 0.05) is 5.56 Å². The van der Waals surface area contributed by atoms with Crippen molar-refractivity contribution in [2.24, 2.45) is 0 Å². The summed E-state index contributed by atoms with van der Waals surface area (Å²) in [6.45, 7) is 2.32. The van der Waals surface area contributed by atoms with Gasteiger partial charge in [-0.25, -0.2) is 0 Å². The molecule has 1 aromatic rings. The number of hydrogen-bond acceptors (Lipinski definition) is 3. The predicted molar refractivity (Wildman–Crippen MR) is 50.5 cm³/mol. The molecule has 1 aromatic heterocycles. The van der Waals surface area contributed by atoms with Gasteiger partial charge in [-0.15, -0.1) is 0 Å². The third-order valence-corrected chi connectivity index (χ3v) is 1.70. The molecule has 0 aliphatic carbocycles. The second-order valence-corrected chi connectivity index (χ2v) is 2.70. The molecule has 1 heterocycles. The fourth-order valence-electron chi connectivity index (χ4n) is 1.03. The Morgan fingerprint density at radius 1 is 1.69 bits per heavy atom. The molecule has 0 bridgehead atoms. The smallest absolute Gasteiger partial charge is 0.239 e. The monoisotopic (exact) mass is 182 g/mol. The van der Waals surface area contributed by atoms with E-state index in [2.05, 4.69) is 20.8 Å². The van der Waals surface area contributed by atoms with E-state index in [0.717, 1.165) is 12.0 Å². The van der Waals surface area contributed by atoms with Gasteiger partial charge in [-0.1, -0.05) is 6.92 Å². The van der Waals surface area contributed by atoms with Crippen LogP contribution in [0.3, 0.4) is 0 Å². The Kier molecular flexibility index (Phi) is 3.45. The molecule has 5 nitrogen and oxygen atoms in total. The number of anilines is 1. The van der Waals surface area contributed by atoms with Gasteiger partial charge in [0.05, 0.1) is 12.7 Å². The Bertz CT molecular complexity index is 281. The number of aromatic nitrogens is 2. The lowest BCUT2D eigenvalue weighted by Gasteiger charge is -2.03. The molecular formula is C8H14N4O. The fraction of sp³-hybridized carbons (Fsp3) is 0.500. The van der Waals surface area contributed by atoms with E-state index < -0.39 is 0 Å². The number of aryl methyl sites for hydroxylation is 1. The van der Waals surface area contributed by atoms with Gasteiger partial charge in [0.25, 0.3) is 0 Å². The van der Waals surface area contributed by atoms with Gasteiger partial charge >= 0.3 is 0 Å². The fourth-order valence-corrected chi connectivity index (χ4v) is 1.03. The van der Waals surface area contributed by atoms with Crippen LogP contribution in [0.2, 0.25) is 0 Å². The summed E-state index contributed by atoms with van der Waals surface area (Å²) in [6.07, 6.45) is 2.57. The van der Waals surface area contributed by atoms with Crippen molar-refractivity contribution < 1.29 is 4.79 Å². The number of carbonyl (C=O) groups is 1.